The maximum absolute atomic E-state index is 12.9. The summed E-state index contributed by atoms with van der Waals surface area (Å²) in [6.07, 6.45) is 3.93. The number of ether oxygens (including phenoxy) is 1. The molecular weight excluding hydrogens is 474 g/mol. The zero-order valence-corrected chi connectivity index (χ0v) is 21.3. The molecule has 0 saturated carbocycles. The molecule has 0 saturated heterocycles. The quantitative estimate of drug-likeness (QED) is 0.360. The number of carbonyl (C=O) groups is 2. The Morgan fingerprint density at radius 1 is 0.972 bits per heavy atom. The van der Waals surface area contributed by atoms with Crippen LogP contribution in [0.1, 0.15) is 42.0 Å². The van der Waals surface area contributed by atoms with Crippen LogP contribution in [0.4, 0.5) is 0 Å². The normalized spacial score (nSPS) is 16.3. The van der Waals surface area contributed by atoms with E-state index in [1.165, 1.54) is 10.5 Å². The maximum atomic E-state index is 12.9. The molecule has 1 heterocycles. The first-order chi connectivity index (χ1) is 17.3. The predicted octanol–water partition coefficient (Wildman–Crippen LogP) is 5.75. The Kier molecular flexibility index (Phi) is 8.32. The highest BCUT2D eigenvalue weighted by atomic mass is 35.5. The van der Waals surface area contributed by atoms with Gasteiger partial charge in [0.1, 0.15) is 17.9 Å². The molecular formula is C30H32ClNO4. The van der Waals surface area contributed by atoms with Crippen molar-refractivity contribution in [1.82, 2.24) is 4.90 Å². The van der Waals surface area contributed by atoms with Crippen LogP contribution >= 0.6 is 11.6 Å². The number of hydrogen-bond donors (Lipinski definition) is 1. The number of aryl methyl sites for hydroxylation is 2. The second-order valence-electron chi connectivity index (χ2n) is 9.77. The summed E-state index contributed by atoms with van der Waals surface area (Å²) in [5, 5.41) is 9.98. The van der Waals surface area contributed by atoms with Gasteiger partial charge < -0.3 is 14.7 Å². The zero-order chi connectivity index (χ0) is 25.5. The third-order valence-corrected chi connectivity index (χ3v) is 6.83. The number of rotatable bonds is 11. The smallest absolute Gasteiger partial charge is 0.323 e. The summed E-state index contributed by atoms with van der Waals surface area (Å²) in [6.45, 7) is 2.26. The van der Waals surface area contributed by atoms with Crippen LogP contribution in [-0.2, 0) is 35.3 Å². The molecule has 0 radical (unpaired) electrons. The lowest BCUT2D eigenvalue weighted by atomic mass is 9.91. The monoisotopic (exact) mass is 505 g/mol. The molecule has 0 aliphatic carbocycles. The fraction of sp³-hybridized carbons (Fsp3) is 0.333. The van der Waals surface area contributed by atoms with Crippen LogP contribution in [0.3, 0.4) is 0 Å². The van der Waals surface area contributed by atoms with Crippen LogP contribution in [0.5, 0.6) is 5.75 Å². The molecule has 6 heteroatoms. The molecule has 5 nitrogen and oxygen atoms in total. The SMILES string of the molecule is CC1(Cc2ccccc2)Cc2cc(CCC(=O)N(CCCc3ccc(Cl)cc3)CC(=O)O)ccc2O1. The Labute approximate surface area is 217 Å². The summed E-state index contributed by atoms with van der Waals surface area (Å²) in [4.78, 5) is 25.7. The number of halogens is 1. The molecule has 3 aromatic carbocycles. The Hall–Kier alpha value is -3.31. The van der Waals surface area contributed by atoms with E-state index in [0.717, 1.165) is 41.7 Å². The summed E-state index contributed by atoms with van der Waals surface area (Å²) < 4.78 is 6.30. The predicted molar refractivity (Wildman–Crippen MR) is 142 cm³/mol. The summed E-state index contributed by atoms with van der Waals surface area (Å²) in [5.74, 6) is -0.236. The van der Waals surface area contributed by atoms with E-state index in [2.05, 4.69) is 25.1 Å². The number of nitrogens with zero attached hydrogens (tertiary/aromatic N) is 1. The van der Waals surface area contributed by atoms with Crippen molar-refractivity contribution >= 4 is 23.5 Å². The van der Waals surface area contributed by atoms with Crippen molar-refractivity contribution in [3.05, 3.63) is 100 Å². The Bertz CT molecular complexity index is 1200. The van der Waals surface area contributed by atoms with Crippen molar-refractivity contribution in [3.63, 3.8) is 0 Å². The van der Waals surface area contributed by atoms with Crippen LogP contribution in [0, 0.1) is 0 Å². The second-order valence-corrected chi connectivity index (χ2v) is 10.2. The van der Waals surface area contributed by atoms with E-state index in [0.29, 0.717) is 24.4 Å². The molecule has 188 valence electrons. The first kappa shape index (κ1) is 25.8. The second kappa shape index (κ2) is 11.6. The fourth-order valence-corrected chi connectivity index (χ4v) is 4.97. The molecule has 0 aromatic heterocycles. The van der Waals surface area contributed by atoms with Crippen LogP contribution in [-0.4, -0.2) is 40.6 Å². The lowest BCUT2D eigenvalue weighted by Crippen LogP contribution is -2.36. The van der Waals surface area contributed by atoms with Gasteiger partial charge in [0, 0.05) is 30.8 Å². The topological polar surface area (TPSA) is 66.8 Å². The van der Waals surface area contributed by atoms with Gasteiger partial charge in [0.2, 0.25) is 5.91 Å². The van der Waals surface area contributed by atoms with Gasteiger partial charge in [0.25, 0.3) is 0 Å². The van der Waals surface area contributed by atoms with Crippen molar-refractivity contribution in [2.75, 3.05) is 13.1 Å². The molecule has 4 rings (SSSR count). The van der Waals surface area contributed by atoms with Crippen molar-refractivity contribution in [1.29, 1.82) is 0 Å². The lowest BCUT2D eigenvalue weighted by molar-refractivity contribution is -0.144. The highest BCUT2D eigenvalue weighted by molar-refractivity contribution is 6.30. The average molecular weight is 506 g/mol. The molecule has 1 atom stereocenters. The van der Waals surface area contributed by atoms with Gasteiger partial charge in [-0.1, -0.05) is 66.2 Å². The number of carboxylic acids is 1. The standard InChI is InChI=1S/C30H32ClNO4/c1-30(19-24-6-3-2-4-7-24)20-25-18-23(11-15-27(25)36-30)12-16-28(33)32(21-29(34)35)17-5-8-22-9-13-26(31)14-10-22/h2-4,6-7,9-11,13-15,18H,5,8,12,16-17,19-21H2,1H3,(H,34,35). The Morgan fingerprint density at radius 2 is 1.69 bits per heavy atom. The van der Waals surface area contributed by atoms with E-state index < -0.39 is 5.97 Å². The molecule has 1 aliphatic rings. The number of amides is 1. The van der Waals surface area contributed by atoms with Crippen LogP contribution in [0.2, 0.25) is 5.02 Å². The third kappa shape index (κ3) is 7.11. The lowest BCUT2D eigenvalue weighted by Gasteiger charge is -2.24. The molecule has 36 heavy (non-hydrogen) atoms. The molecule has 1 N–H and O–H groups in total. The first-order valence-corrected chi connectivity index (χ1v) is 12.8. The van der Waals surface area contributed by atoms with Crippen LogP contribution in [0.25, 0.3) is 0 Å². The summed E-state index contributed by atoms with van der Waals surface area (Å²) in [7, 11) is 0. The van der Waals surface area contributed by atoms with E-state index in [-0.39, 0.29) is 24.5 Å². The first-order valence-electron chi connectivity index (χ1n) is 12.4. The molecule has 1 amide bonds. The van der Waals surface area contributed by atoms with Crippen LogP contribution in [0.15, 0.2) is 72.8 Å². The highest BCUT2D eigenvalue weighted by Crippen LogP contribution is 2.37. The van der Waals surface area contributed by atoms with Gasteiger partial charge in [0.05, 0.1) is 0 Å². The Balaban J connectivity index is 1.31. The maximum Gasteiger partial charge on any atom is 0.323 e. The van der Waals surface area contributed by atoms with Crippen molar-refractivity contribution < 1.29 is 19.4 Å². The van der Waals surface area contributed by atoms with E-state index in [1.807, 2.05) is 54.6 Å². The van der Waals surface area contributed by atoms with Crippen LogP contribution < -0.4 is 4.74 Å². The van der Waals surface area contributed by atoms with Gasteiger partial charge in [-0.05, 0) is 66.6 Å². The van der Waals surface area contributed by atoms with E-state index >= 15 is 0 Å². The molecule has 1 unspecified atom stereocenters. The average Bonchev–Trinajstić information content (AvgIpc) is 3.18. The van der Waals surface area contributed by atoms with E-state index in [4.69, 9.17) is 16.3 Å². The van der Waals surface area contributed by atoms with Gasteiger partial charge in [-0.25, -0.2) is 0 Å². The van der Waals surface area contributed by atoms with Gasteiger partial charge >= 0.3 is 5.97 Å². The van der Waals surface area contributed by atoms with Crippen molar-refractivity contribution in [2.45, 2.75) is 51.0 Å². The summed E-state index contributed by atoms with van der Waals surface area (Å²) in [6, 6.07) is 24.0. The minimum Gasteiger partial charge on any atom is -0.487 e. The molecule has 0 bridgehead atoms. The van der Waals surface area contributed by atoms with E-state index in [1.54, 1.807) is 0 Å². The minimum absolute atomic E-state index is 0.140. The number of carboxylic acid groups (broad SMARTS) is 1. The summed E-state index contributed by atoms with van der Waals surface area (Å²) >= 11 is 5.93. The number of fused-ring (bicyclic) bond motifs is 1. The molecule has 0 fully saturated rings. The van der Waals surface area contributed by atoms with Gasteiger partial charge in [-0.15, -0.1) is 0 Å². The number of carbonyl (C=O) groups excluding carboxylic acids is 1. The van der Waals surface area contributed by atoms with Gasteiger partial charge in [-0.2, -0.15) is 0 Å². The largest absolute Gasteiger partial charge is 0.487 e. The van der Waals surface area contributed by atoms with Gasteiger partial charge in [-0.3, -0.25) is 9.59 Å². The highest BCUT2D eigenvalue weighted by Gasteiger charge is 2.35. The summed E-state index contributed by atoms with van der Waals surface area (Å²) in [5.41, 5.74) is 4.28. The van der Waals surface area contributed by atoms with E-state index in [9.17, 15) is 14.7 Å². The van der Waals surface area contributed by atoms with Crippen molar-refractivity contribution in [3.8, 4) is 5.75 Å². The third-order valence-electron chi connectivity index (χ3n) is 6.58. The van der Waals surface area contributed by atoms with Crippen molar-refractivity contribution in [2.24, 2.45) is 0 Å². The molecule has 3 aromatic rings. The molecule has 1 aliphatic heterocycles. The van der Waals surface area contributed by atoms with Gasteiger partial charge in [0.15, 0.2) is 0 Å². The minimum atomic E-state index is -0.998. The fourth-order valence-electron chi connectivity index (χ4n) is 4.85. The zero-order valence-electron chi connectivity index (χ0n) is 20.6. The number of benzene rings is 3. The number of aliphatic carboxylic acids is 1. The number of hydrogen-bond acceptors (Lipinski definition) is 3. The molecule has 0 spiro atoms. The Morgan fingerprint density at radius 3 is 2.42 bits per heavy atom.